The highest BCUT2D eigenvalue weighted by Gasteiger charge is 2.21. The number of piperazine rings is 1. The van der Waals surface area contributed by atoms with Crippen LogP contribution in [-0.4, -0.2) is 48.3 Å². The molecule has 1 saturated heterocycles. The number of hydrogen-bond acceptors (Lipinski definition) is 5. The van der Waals surface area contributed by atoms with Crippen LogP contribution in [0.2, 0.25) is 0 Å². The number of nitrogens with one attached hydrogen (secondary N) is 1. The third-order valence-electron chi connectivity index (χ3n) is 5.30. The summed E-state index contributed by atoms with van der Waals surface area (Å²) in [7, 11) is 0. The molecule has 1 aromatic heterocycles. The molecule has 1 aliphatic carbocycles. The smallest absolute Gasteiger partial charge is 0.272 e. The first-order valence-electron chi connectivity index (χ1n) is 9.49. The maximum Gasteiger partial charge on any atom is 0.272 e. The van der Waals surface area contributed by atoms with E-state index in [1.165, 1.54) is 18.5 Å². The van der Waals surface area contributed by atoms with E-state index in [-0.39, 0.29) is 5.91 Å². The summed E-state index contributed by atoms with van der Waals surface area (Å²) < 4.78 is 0. The topological polar surface area (TPSA) is 61.4 Å². The van der Waals surface area contributed by atoms with Crippen LogP contribution in [0, 0.1) is 0 Å². The standard InChI is InChI=1S/C20H25N5O/c26-20(21-16-6-4-5-7-16)18-10-11-19(23-22-18)25-14-12-24(13-15-25)17-8-2-1-3-9-17/h1-3,8-11,16H,4-7,12-15H2,(H,21,26). The first-order valence-corrected chi connectivity index (χ1v) is 9.49. The molecule has 2 aliphatic rings. The van der Waals surface area contributed by atoms with Gasteiger partial charge in [-0.1, -0.05) is 31.0 Å². The number of rotatable bonds is 4. The third kappa shape index (κ3) is 3.79. The zero-order valence-corrected chi connectivity index (χ0v) is 15.0. The fourth-order valence-electron chi connectivity index (χ4n) is 3.78. The Morgan fingerprint density at radius 1 is 0.885 bits per heavy atom. The second-order valence-corrected chi connectivity index (χ2v) is 7.04. The first-order chi connectivity index (χ1) is 12.8. The SMILES string of the molecule is O=C(NC1CCCC1)c1ccc(N2CCN(c3ccccc3)CC2)nn1. The van der Waals surface area contributed by atoms with Crippen molar-refractivity contribution in [1.29, 1.82) is 0 Å². The van der Waals surface area contributed by atoms with Crippen LogP contribution in [0.5, 0.6) is 0 Å². The molecule has 1 N–H and O–H groups in total. The number of para-hydroxylation sites is 1. The van der Waals surface area contributed by atoms with Gasteiger partial charge in [-0.15, -0.1) is 10.2 Å². The Kier molecular flexibility index (Phi) is 5.00. The number of anilines is 2. The van der Waals surface area contributed by atoms with Crippen molar-refractivity contribution in [3.05, 3.63) is 48.2 Å². The van der Waals surface area contributed by atoms with E-state index in [2.05, 4.69) is 49.6 Å². The lowest BCUT2D eigenvalue weighted by Crippen LogP contribution is -2.47. The summed E-state index contributed by atoms with van der Waals surface area (Å²) in [5, 5.41) is 11.5. The number of benzene rings is 1. The average molecular weight is 351 g/mol. The van der Waals surface area contributed by atoms with Gasteiger partial charge >= 0.3 is 0 Å². The van der Waals surface area contributed by atoms with Crippen molar-refractivity contribution in [1.82, 2.24) is 15.5 Å². The molecule has 2 aromatic rings. The molecule has 1 aromatic carbocycles. The van der Waals surface area contributed by atoms with E-state index in [0.29, 0.717) is 11.7 Å². The quantitative estimate of drug-likeness (QED) is 0.917. The lowest BCUT2D eigenvalue weighted by atomic mass is 10.2. The monoisotopic (exact) mass is 351 g/mol. The highest BCUT2D eigenvalue weighted by atomic mass is 16.2. The fourth-order valence-corrected chi connectivity index (χ4v) is 3.78. The summed E-state index contributed by atoms with van der Waals surface area (Å²) in [5.74, 6) is 0.736. The number of nitrogens with zero attached hydrogens (tertiary/aromatic N) is 4. The summed E-state index contributed by atoms with van der Waals surface area (Å²) in [6, 6.07) is 14.5. The van der Waals surface area contributed by atoms with Gasteiger partial charge in [0.1, 0.15) is 0 Å². The van der Waals surface area contributed by atoms with Crippen LogP contribution >= 0.6 is 0 Å². The Morgan fingerprint density at radius 2 is 1.58 bits per heavy atom. The summed E-state index contributed by atoms with van der Waals surface area (Å²) in [6.07, 6.45) is 4.54. The van der Waals surface area contributed by atoms with Crippen LogP contribution < -0.4 is 15.1 Å². The molecular weight excluding hydrogens is 326 g/mol. The second kappa shape index (κ2) is 7.72. The van der Waals surface area contributed by atoms with Gasteiger partial charge in [0.05, 0.1) is 0 Å². The summed E-state index contributed by atoms with van der Waals surface area (Å²) in [6.45, 7) is 3.71. The number of aromatic nitrogens is 2. The predicted molar refractivity (Wildman–Crippen MR) is 103 cm³/mol. The van der Waals surface area contributed by atoms with Crippen LogP contribution in [0.1, 0.15) is 36.2 Å². The summed E-state index contributed by atoms with van der Waals surface area (Å²) in [5.41, 5.74) is 1.67. The van der Waals surface area contributed by atoms with Crippen LogP contribution in [0.15, 0.2) is 42.5 Å². The van der Waals surface area contributed by atoms with Crippen molar-refractivity contribution in [2.45, 2.75) is 31.7 Å². The number of amides is 1. The van der Waals surface area contributed by atoms with Gasteiger partial charge in [-0.05, 0) is 37.1 Å². The zero-order valence-electron chi connectivity index (χ0n) is 15.0. The van der Waals surface area contributed by atoms with Gasteiger partial charge in [0.15, 0.2) is 11.5 Å². The molecule has 2 heterocycles. The van der Waals surface area contributed by atoms with Crippen molar-refractivity contribution in [2.75, 3.05) is 36.0 Å². The Hall–Kier alpha value is -2.63. The minimum Gasteiger partial charge on any atom is -0.368 e. The Bertz CT molecular complexity index is 720. The molecule has 136 valence electrons. The fraction of sp³-hybridized carbons (Fsp3) is 0.450. The minimum absolute atomic E-state index is 0.107. The second-order valence-electron chi connectivity index (χ2n) is 7.04. The molecule has 6 heteroatoms. The number of carbonyl (C=O) groups is 1. The molecule has 26 heavy (non-hydrogen) atoms. The molecule has 0 radical (unpaired) electrons. The molecule has 1 amide bonds. The van der Waals surface area contributed by atoms with E-state index >= 15 is 0 Å². The Morgan fingerprint density at radius 3 is 2.23 bits per heavy atom. The Balaban J connectivity index is 1.33. The van der Waals surface area contributed by atoms with E-state index in [0.717, 1.165) is 44.8 Å². The molecule has 0 bridgehead atoms. The lowest BCUT2D eigenvalue weighted by Gasteiger charge is -2.36. The highest BCUT2D eigenvalue weighted by Crippen LogP contribution is 2.20. The van der Waals surface area contributed by atoms with Gasteiger partial charge in [0.2, 0.25) is 0 Å². The van der Waals surface area contributed by atoms with E-state index in [1.54, 1.807) is 6.07 Å². The average Bonchev–Trinajstić information content (AvgIpc) is 3.22. The van der Waals surface area contributed by atoms with E-state index in [1.807, 2.05) is 12.1 Å². The summed E-state index contributed by atoms with van der Waals surface area (Å²) in [4.78, 5) is 16.9. The van der Waals surface area contributed by atoms with Crippen LogP contribution in [0.25, 0.3) is 0 Å². The largest absolute Gasteiger partial charge is 0.368 e. The third-order valence-corrected chi connectivity index (χ3v) is 5.30. The minimum atomic E-state index is -0.107. The van der Waals surface area contributed by atoms with Crippen LogP contribution in [-0.2, 0) is 0 Å². The van der Waals surface area contributed by atoms with Gasteiger partial charge in [-0.25, -0.2) is 0 Å². The van der Waals surface area contributed by atoms with Gasteiger partial charge < -0.3 is 15.1 Å². The van der Waals surface area contributed by atoms with Crippen molar-refractivity contribution in [3.8, 4) is 0 Å². The molecule has 4 rings (SSSR count). The van der Waals surface area contributed by atoms with E-state index in [4.69, 9.17) is 0 Å². The van der Waals surface area contributed by atoms with Crippen molar-refractivity contribution < 1.29 is 4.79 Å². The van der Waals surface area contributed by atoms with Crippen molar-refractivity contribution in [3.63, 3.8) is 0 Å². The molecule has 0 atom stereocenters. The first kappa shape index (κ1) is 16.8. The van der Waals surface area contributed by atoms with Crippen molar-refractivity contribution in [2.24, 2.45) is 0 Å². The van der Waals surface area contributed by atoms with Crippen molar-refractivity contribution >= 4 is 17.4 Å². The molecule has 6 nitrogen and oxygen atoms in total. The van der Waals surface area contributed by atoms with Gasteiger partial charge in [-0.2, -0.15) is 0 Å². The van der Waals surface area contributed by atoms with E-state index < -0.39 is 0 Å². The normalized spacial score (nSPS) is 18.2. The molecular formula is C20H25N5O. The van der Waals surface area contributed by atoms with Crippen LogP contribution in [0.3, 0.4) is 0 Å². The highest BCUT2D eigenvalue weighted by molar-refractivity contribution is 5.92. The van der Waals surface area contributed by atoms with Gasteiger partial charge in [-0.3, -0.25) is 4.79 Å². The molecule has 0 spiro atoms. The van der Waals surface area contributed by atoms with Crippen LogP contribution in [0.4, 0.5) is 11.5 Å². The maximum absolute atomic E-state index is 12.3. The van der Waals surface area contributed by atoms with E-state index in [9.17, 15) is 4.79 Å². The molecule has 2 fully saturated rings. The summed E-state index contributed by atoms with van der Waals surface area (Å²) >= 11 is 0. The maximum atomic E-state index is 12.3. The van der Waals surface area contributed by atoms with Gasteiger partial charge in [0.25, 0.3) is 5.91 Å². The number of carbonyl (C=O) groups excluding carboxylic acids is 1. The molecule has 1 aliphatic heterocycles. The van der Waals surface area contributed by atoms with Gasteiger partial charge in [0, 0.05) is 37.9 Å². The lowest BCUT2D eigenvalue weighted by molar-refractivity contribution is 0.0932. The zero-order chi connectivity index (χ0) is 17.8. The molecule has 0 unspecified atom stereocenters. The Labute approximate surface area is 154 Å². The predicted octanol–water partition coefficient (Wildman–Crippen LogP) is 2.48. The number of hydrogen-bond donors (Lipinski definition) is 1. The molecule has 1 saturated carbocycles.